The maximum atomic E-state index is 3.60. The summed E-state index contributed by atoms with van der Waals surface area (Å²) in [5.41, 5.74) is 11.7. The third-order valence-corrected chi connectivity index (χ3v) is 8.99. The molecule has 0 bridgehead atoms. The second-order valence-corrected chi connectivity index (χ2v) is 12.1. The van der Waals surface area contributed by atoms with Crippen molar-refractivity contribution in [2.75, 3.05) is 4.90 Å². The summed E-state index contributed by atoms with van der Waals surface area (Å²) in [6.45, 7) is 0. The summed E-state index contributed by atoms with van der Waals surface area (Å²) in [5.74, 6) is 0. The zero-order valence-electron chi connectivity index (χ0n) is 24.5. The van der Waals surface area contributed by atoms with Crippen LogP contribution < -0.4 is 4.90 Å². The number of hydrogen-bond donors (Lipinski definition) is 0. The van der Waals surface area contributed by atoms with Crippen molar-refractivity contribution in [2.45, 2.75) is 0 Å². The fourth-order valence-corrected chi connectivity index (χ4v) is 6.55. The van der Waals surface area contributed by atoms with Crippen LogP contribution in [0.5, 0.6) is 0 Å². The van der Waals surface area contributed by atoms with Crippen LogP contribution in [-0.2, 0) is 0 Å². The molecule has 0 atom stereocenters. The van der Waals surface area contributed by atoms with E-state index in [4.69, 9.17) is 0 Å². The predicted octanol–water partition coefficient (Wildman–Crippen LogP) is 12.3. The fraction of sp³-hybridized carbons (Fsp3) is 0. The Morgan fingerprint density at radius 3 is 1.49 bits per heavy atom. The lowest BCUT2D eigenvalue weighted by Crippen LogP contribution is -2.09. The molecule has 3 heteroatoms. The second kappa shape index (κ2) is 11.6. The molecule has 0 spiro atoms. The molecular formula is C42H29BrN2. The average molecular weight is 642 g/mol. The zero-order valence-corrected chi connectivity index (χ0v) is 26.1. The van der Waals surface area contributed by atoms with Gasteiger partial charge in [-0.2, -0.15) is 0 Å². The van der Waals surface area contributed by atoms with Crippen molar-refractivity contribution < 1.29 is 0 Å². The molecule has 0 saturated carbocycles. The molecular weight excluding hydrogens is 612 g/mol. The van der Waals surface area contributed by atoms with Gasteiger partial charge in [0.2, 0.25) is 0 Å². The van der Waals surface area contributed by atoms with Gasteiger partial charge in [0.05, 0.1) is 11.0 Å². The Morgan fingerprint density at radius 2 is 0.844 bits per heavy atom. The summed E-state index contributed by atoms with van der Waals surface area (Å²) in [6.07, 6.45) is 0. The molecule has 1 heterocycles. The first-order valence-corrected chi connectivity index (χ1v) is 15.9. The second-order valence-electron chi connectivity index (χ2n) is 11.2. The Labute approximate surface area is 271 Å². The fourth-order valence-electron chi connectivity index (χ4n) is 6.28. The maximum absolute atomic E-state index is 3.60. The van der Waals surface area contributed by atoms with Gasteiger partial charge >= 0.3 is 0 Å². The number of fused-ring (bicyclic) bond motifs is 3. The normalized spacial score (nSPS) is 11.2. The standard InChI is InChI=1S/C42H29BrN2/c43-34-20-26-38(27-21-34)44(36-22-15-31(16-23-36)30-9-3-1-4-10-30)37-24-17-32(18-25-37)33-19-28-42-40(29-33)39-13-7-8-14-41(39)45(42)35-11-5-2-6-12-35/h1-29H. The number of anilines is 3. The van der Waals surface area contributed by atoms with Crippen molar-refractivity contribution in [3.63, 3.8) is 0 Å². The van der Waals surface area contributed by atoms with E-state index in [1.165, 1.54) is 49.7 Å². The van der Waals surface area contributed by atoms with E-state index in [-0.39, 0.29) is 0 Å². The van der Waals surface area contributed by atoms with Gasteiger partial charge in [-0.3, -0.25) is 0 Å². The van der Waals surface area contributed by atoms with Crippen molar-refractivity contribution >= 4 is 54.8 Å². The minimum Gasteiger partial charge on any atom is -0.311 e. The highest BCUT2D eigenvalue weighted by molar-refractivity contribution is 9.10. The van der Waals surface area contributed by atoms with E-state index in [0.717, 1.165) is 21.5 Å². The summed E-state index contributed by atoms with van der Waals surface area (Å²) in [4.78, 5) is 2.31. The number of aromatic nitrogens is 1. The van der Waals surface area contributed by atoms with Crippen molar-refractivity contribution in [1.82, 2.24) is 4.57 Å². The van der Waals surface area contributed by atoms with E-state index >= 15 is 0 Å². The number of hydrogen-bond acceptors (Lipinski definition) is 1. The Bertz CT molecular complexity index is 2230. The lowest BCUT2D eigenvalue weighted by Gasteiger charge is -2.26. The minimum atomic E-state index is 1.06. The van der Waals surface area contributed by atoms with Crippen molar-refractivity contribution in [1.29, 1.82) is 0 Å². The molecule has 0 N–H and O–H groups in total. The monoisotopic (exact) mass is 640 g/mol. The molecule has 0 amide bonds. The van der Waals surface area contributed by atoms with Crippen LogP contribution in [0.25, 0.3) is 49.7 Å². The van der Waals surface area contributed by atoms with Gasteiger partial charge in [-0.25, -0.2) is 0 Å². The van der Waals surface area contributed by atoms with Crippen molar-refractivity contribution in [3.05, 3.63) is 180 Å². The van der Waals surface area contributed by atoms with Gasteiger partial charge in [-0.15, -0.1) is 0 Å². The molecule has 8 rings (SSSR count). The molecule has 45 heavy (non-hydrogen) atoms. The molecule has 7 aromatic carbocycles. The highest BCUT2D eigenvalue weighted by Crippen LogP contribution is 2.39. The highest BCUT2D eigenvalue weighted by atomic mass is 79.9. The van der Waals surface area contributed by atoms with E-state index in [1.54, 1.807) is 0 Å². The zero-order chi connectivity index (χ0) is 30.2. The third kappa shape index (κ3) is 5.12. The predicted molar refractivity (Wildman–Crippen MR) is 194 cm³/mol. The number of nitrogens with zero attached hydrogens (tertiary/aromatic N) is 2. The first kappa shape index (κ1) is 27.2. The van der Waals surface area contributed by atoms with Gasteiger partial charge < -0.3 is 9.47 Å². The lowest BCUT2D eigenvalue weighted by molar-refractivity contribution is 1.18. The van der Waals surface area contributed by atoms with E-state index in [1.807, 2.05) is 0 Å². The van der Waals surface area contributed by atoms with Gasteiger partial charge in [0.15, 0.2) is 0 Å². The van der Waals surface area contributed by atoms with Crippen LogP contribution in [-0.4, -0.2) is 4.57 Å². The Hall–Kier alpha value is -5.38. The number of halogens is 1. The first-order chi connectivity index (χ1) is 22.2. The summed E-state index contributed by atoms with van der Waals surface area (Å²) in [6, 6.07) is 62.8. The Kier molecular flexibility index (Phi) is 7.01. The lowest BCUT2D eigenvalue weighted by atomic mass is 10.0. The van der Waals surface area contributed by atoms with Crippen LogP contribution in [0.2, 0.25) is 0 Å². The summed E-state index contributed by atoms with van der Waals surface area (Å²) in [5, 5.41) is 2.52. The molecule has 0 aliphatic carbocycles. The van der Waals surface area contributed by atoms with Crippen LogP contribution in [0.4, 0.5) is 17.1 Å². The molecule has 0 aliphatic heterocycles. The van der Waals surface area contributed by atoms with Gasteiger partial charge in [-0.05, 0) is 101 Å². The van der Waals surface area contributed by atoms with Crippen LogP contribution in [0, 0.1) is 0 Å². The quantitative estimate of drug-likeness (QED) is 0.175. The van der Waals surface area contributed by atoms with Gasteiger partial charge in [0.1, 0.15) is 0 Å². The molecule has 214 valence electrons. The molecule has 0 radical (unpaired) electrons. The van der Waals surface area contributed by atoms with Crippen molar-refractivity contribution in [3.8, 4) is 27.9 Å². The Balaban J connectivity index is 1.18. The molecule has 2 nitrogen and oxygen atoms in total. The van der Waals surface area contributed by atoms with Crippen LogP contribution >= 0.6 is 15.9 Å². The topological polar surface area (TPSA) is 8.17 Å². The van der Waals surface area contributed by atoms with Crippen LogP contribution in [0.3, 0.4) is 0 Å². The van der Waals surface area contributed by atoms with E-state index in [0.29, 0.717) is 0 Å². The number of benzene rings is 7. The molecule has 0 aliphatic rings. The van der Waals surface area contributed by atoms with E-state index in [2.05, 4.69) is 201 Å². The minimum absolute atomic E-state index is 1.06. The number of rotatable bonds is 6. The smallest absolute Gasteiger partial charge is 0.0541 e. The first-order valence-electron chi connectivity index (χ1n) is 15.1. The van der Waals surface area contributed by atoms with E-state index < -0.39 is 0 Å². The molecule has 0 saturated heterocycles. The SMILES string of the molecule is Brc1ccc(N(c2ccc(-c3ccccc3)cc2)c2ccc(-c3ccc4c(c3)c3ccccc3n4-c3ccccc3)cc2)cc1. The molecule has 8 aromatic rings. The average Bonchev–Trinajstić information content (AvgIpc) is 3.44. The molecule has 0 fully saturated rings. The van der Waals surface area contributed by atoms with E-state index in [9.17, 15) is 0 Å². The van der Waals surface area contributed by atoms with Gasteiger partial charge in [0, 0.05) is 38.0 Å². The third-order valence-electron chi connectivity index (χ3n) is 8.46. The molecule has 1 aromatic heterocycles. The Morgan fingerprint density at radius 1 is 0.378 bits per heavy atom. The summed E-state index contributed by atoms with van der Waals surface area (Å²) >= 11 is 3.60. The summed E-state index contributed by atoms with van der Waals surface area (Å²) < 4.78 is 3.42. The number of para-hydroxylation sites is 2. The maximum Gasteiger partial charge on any atom is 0.0541 e. The van der Waals surface area contributed by atoms with Crippen molar-refractivity contribution in [2.24, 2.45) is 0 Å². The summed E-state index contributed by atoms with van der Waals surface area (Å²) in [7, 11) is 0. The van der Waals surface area contributed by atoms with Gasteiger partial charge in [0.25, 0.3) is 0 Å². The highest BCUT2D eigenvalue weighted by Gasteiger charge is 2.15. The molecule has 0 unspecified atom stereocenters. The van der Waals surface area contributed by atoms with Crippen LogP contribution in [0.15, 0.2) is 180 Å². The van der Waals surface area contributed by atoms with Crippen LogP contribution in [0.1, 0.15) is 0 Å². The van der Waals surface area contributed by atoms with Gasteiger partial charge in [-0.1, -0.05) is 113 Å². The largest absolute Gasteiger partial charge is 0.311 e.